The minimum atomic E-state index is -0.538. The Hall–Kier alpha value is -3.80. The number of hydrogen-bond donors (Lipinski definition) is 2. The number of hydrogen-bond acceptors (Lipinski definition) is 3. The molecule has 0 saturated carbocycles. The summed E-state index contributed by atoms with van der Waals surface area (Å²) < 4.78 is 5.77. The van der Waals surface area contributed by atoms with E-state index in [4.69, 9.17) is 4.74 Å². The van der Waals surface area contributed by atoms with Gasteiger partial charge in [0.2, 0.25) is 0 Å². The van der Waals surface area contributed by atoms with Crippen LogP contribution in [0.1, 0.15) is 18.9 Å². The van der Waals surface area contributed by atoms with Crippen LogP contribution in [0.2, 0.25) is 0 Å². The highest BCUT2D eigenvalue weighted by Crippen LogP contribution is 2.36. The molecule has 0 fully saturated rings. The van der Waals surface area contributed by atoms with Crippen molar-refractivity contribution in [2.75, 3.05) is 22.1 Å². The Morgan fingerprint density at radius 2 is 1.61 bits per heavy atom. The first-order valence-electron chi connectivity index (χ1n) is 10.4. The second-order valence-electron chi connectivity index (χ2n) is 7.47. The Morgan fingerprint density at radius 1 is 0.935 bits per heavy atom. The van der Waals surface area contributed by atoms with Gasteiger partial charge in [-0.1, -0.05) is 48.5 Å². The van der Waals surface area contributed by atoms with Crippen LogP contribution >= 0.6 is 0 Å². The maximum atomic E-state index is 12.8. The standard InChI is InChI=1S/C25H25N3O3/c1-18-24(29)28(16-8-11-19-9-4-2-5-10-19)22-17-21(14-15-23(22)31-18)27-25(30)26-20-12-6-3-7-13-20/h2-7,9-10,12-15,17-18H,8,11,16H2,1H3,(H2,26,27,30). The van der Waals surface area contributed by atoms with Gasteiger partial charge in [-0.2, -0.15) is 0 Å². The molecule has 1 aliphatic rings. The summed E-state index contributed by atoms with van der Waals surface area (Å²) in [5, 5.41) is 5.61. The number of urea groups is 1. The summed E-state index contributed by atoms with van der Waals surface area (Å²) in [7, 11) is 0. The molecule has 3 aromatic rings. The minimum Gasteiger partial charge on any atom is -0.479 e. The molecule has 0 aliphatic carbocycles. The molecule has 0 spiro atoms. The fourth-order valence-electron chi connectivity index (χ4n) is 3.62. The van der Waals surface area contributed by atoms with Gasteiger partial charge in [0.25, 0.3) is 5.91 Å². The maximum Gasteiger partial charge on any atom is 0.323 e. The van der Waals surface area contributed by atoms with Gasteiger partial charge in [-0.25, -0.2) is 4.79 Å². The average molecular weight is 415 g/mol. The molecule has 0 bridgehead atoms. The molecule has 31 heavy (non-hydrogen) atoms. The highest BCUT2D eigenvalue weighted by molar-refractivity contribution is 6.03. The highest BCUT2D eigenvalue weighted by atomic mass is 16.5. The lowest BCUT2D eigenvalue weighted by Gasteiger charge is -2.33. The summed E-state index contributed by atoms with van der Waals surface area (Å²) in [6.45, 7) is 2.34. The van der Waals surface area contributed by atoms with E-state index in [1.165, 1.54) is 5.56 Å². The van der Waals surface area contributed by atoms with E-state index in [9.17, 15) is 9.59 Å². The number of para-hydroxylation sites is 1. The average Bonchev–Trinajstić information content (AvgIpc) is 2.78. The van der Waals surface area contributed by atoms with Crippen molar-refractivity contribution < 1.29 is 14.3 Å². The van der Waals surface area contributed by atoms with Crippen LogP contribution in [0.5, 0.6) is 5.75 Å². The van der Waals surface area contributed by atoms with Crippen LogP contribution in [-0.2, 0) is 11.2 Å². The molecule has 2 N–H and O–H groups in total. The molecule has 158 valence electrons. The third-order valence-corrected chi connectivity index (χ3v) is 5.15. The molecule has 0 aromatic heterocycles. The van der Waals surface area contributed by atoms with Crippen molar-refractivity contribution in [2.24, 2.45) is 0 Å². The normalized spacial score (nSPS) is 15.1. The molecule has 6 heteroatoms. The van der Waals surface area contributed by atoms with Crippen molar-refractivity contribution >= 4 is 29.0 Å². The molecule has 1 unspecified atom stereocenters. The van der Waals surface area contributed by atoms with E-state index in [0.717, 1.165) is 12.8 Å². The fraction of sp³-hybridized carbons (Fsp3) is 0.200. The predicted molar refractivity (Wildman–Crippen MR) is 123 cm³/mol. The molecule has 0 radical (unpaired) electrons. The topological polar surface area (TPSA) is 70.7 Å². The van der Waals surface area contributed by atoms with Gasteiger partial charge in [-0.05, 0) is 55.7 Å². The Balaban J connectivity index is 1.47. The first kappa shape index (κ1) is 20.5. The lowest BCUT2D eigenvalue weighted by atomic mass is 10.1. The summed E-state index contributed by atoms with van der Waals surface area (Å²) >= 11 is 0. The summed E-state index contributed by atoms with van der Waals surface area (Å²) in [5.41, 5.74) is 3.21. The van der Waals surface area contributed by atoms with Crippen LogP contribution in [0.4, 0.5) is 21.9 Å². The first-order valence-corrected chi connectivity index (χ1v) is 10.4. The van der Waals surface area contributed by atoms with E-state index in [0.29, 0.717) is 29.4 Å². The van der Waals surface area contributed by atoms with Crippen LogP contribution in [0.25, 0.3) is 0 Å². The number of benzene rings is 3. The molecule has 3 amide bonds. The number of ether oxygens (including phenoxy) is 1. The molecule has 3 aromatic carbocycles. The molecule has 1 heterocycles. The zero-order valence-electron chi connectivity index (χ0n) is 17.4. The quantitative estimate of drug-likeness (QED) is 0.590. The number of fused-ring (bicyclic) bond motifs is 1. The van der Waals surface area contributed by atoms with E-state index in [2.05, 4.69) is 22.8 Å². The van der Waals surface area contributed by atoms with E-state index >= 15 is 0 Å². The molecule has 1 aliphatic heterocycles. The second kappa shape index (κ2) is 9.34. The summed E-state index contributed by atoms with van der Waals surface area (Å²) in [5.74, 6) is 0.562. The van der Waals surface area contributed by atoms with Crippen molar-refractivity contribution in [1.29, 1.82) is 0 Å². The molecule has 1 atom stereocenters. The number of rotatable bonds is 6. The van der Waals surface area contributed by atoms with Crippen molar-refractivity contribution in [2.45, 2.75) is 25.9 Å². The third kappa shape index (κ3) is 5.04. The van der Waals surface area contributed by atoms with Gasteiger partial charge < -0.3 is 20.3 Å². The largest absolute Gasteiger partial charge is 0.479 e. The van der Waals surface area contributed by atoms with Crippen LogP contribution in [-0.4, -0.2) is 24.6 Å². The zero-order chi connectivity index (χ0) is 21.6. The van der Waals surface area contributed by atoms with Gasteiger partial charge in [0, 0.05) is 17.9 Å². The zero-order valence-corrected chi connectivity index (χ0v) is 17.4. The Morgan fingerprint density at radius 3 is 2.35 bits per heavy atom. The van der Waals surface area contributed by atoms with Crippen LogP contribution in [0, 0.1) is 0 Å². The third-order valence-electron chi connectivity index (χ3n) is 5.15. The monoisotopic (exact) mass is 415 g/mol. The van der Waals surface area contributed by atoms with Crippen molar-refractivity contribution in [1.82, 2.24) is 0 Å². The molecule has 6 nitrogen and oxygen atoms in total. The van der Waals surface area contributed by atoms with Crippen LogP contribution in [0.15, 0.2) is 78.9 Å². The van der Waals surface area contributed by atoms with Crippen molar-refractivity contribution in [3.63, 3.8) is 0 Å². The van der Waals surface area contributed by atoms with Crippen LogP contribution < -0.4 is 20.3 Å². The Kier molecular flexibility index (Phi) is 6.17. The number of amides is 3. The van der Waals surface area contributed by atoms with Crippen molar-refractivity contribution in [3.05, 3.63) is 84.4 Å². The number of carbonyl (C=O) groups excluding carboxylic acids is 2. The van der Waals surface area contributed by atoms with Gasteiger partial charge in [-0.3, -0.25) is 4.79 Å². The van der Waals surface area contributed by atoms with Gasteiger partial charge in [0.05, 0.1) is 5.69 Å². The SMILES string of the molecule is CC1Oc2ccc(NC(=O)Nc3ccccc3)cc2N(CCCc2ccccc2)C1=O. The number of carbonyl (C=O) groups is 2. The minimum absolute atomic E-state index is 0.0774. The first-order chi connectivity index (χ1) is 15.1. The Labute approximate surface area is 181 Å². The molecular weight excluding hydrogens is 390 g/mol. The molecule has 0 saturated heterocycles. The lowest BCUT2D eigenvalue weighted by molar-refractivity contribution is -0.125. The van der Waals surface area contributed by atoms with E-state index < -0.39 is 6.10 Å². The Bertz CT molecular complexity index is 1050. The smallest absolute Gasteiger partial charge is 0.323 e. The van der Waals surface area contributed by atoms with Gasteiger partial charge in [0.1, 0.15) is 5.75 Å². The van der Waals surface area contributed by atoms with E-state index in [1.807, 2.05) is 48.5 Å². The van der Waals surface area contributed by atoms with Gasteiger partial charge in [-0.15, -0.1) is 0 Å². The summed E-state index contributed by atoms with van der Waals surface area (Å²) in [4.78, 5) is 26.9. The second-order valence-corrected chi connectivity index (χ2v) is 7.47. The van der Waals surface area contributed by atoms with Gasteiger partial charge >= 0.3 is 6.03 Å². The van der Waals surface area contributed by atoms with Gasteiger partial charge in [0.15, 0.2) is 6.10 Å². The molecular formula is C25H25N3O3. The number of anilines is 3. The highest BCUT2D eigenvalue weighted by Gasteiger charge is 2.31. The summed E-state index contributed by atoms with van der Waals surface area (Å²) in [6, 6.07) is 24.4. The molecule has 4 rings (SSSR count). The van der Waals surface area contributed by atoms with E-state index in [1.54, 1.807) is 30.0 Å². The number of nitrogens with zero attached hydrogens (tertiary/aromatic N) is 1. The predicted octanol–water partition coefficient (Wildman–Crippen LogP) is 5.08. The maximum absolute atomic E-state index is 12.8. The lowest BCUT2D eigenvalue weighted by Crippen LogP contribution is -2.45. The van der Waals surface area contributed by atoms with Crippen LogP contribution in [0.3, 0.4) is 0 Å². The summed E-state index contributed by atoms with van der Waals surface area (Å²) in [6.07, 6.45) is 1.17. The van der Waals surface area contributed by atoms with Crippen molar-refractivity contribution in [3.8, 4) is 5.75 Å². The number of aryl methyl sites for hydroxylation is 1. The number of nitrogens with one attached hydrogen (secondary N) is 2. The fourth-order valence-corrected chi connectivity index (χ4v) is 3.62. The van der Waals surface area contributed by atoms with E-state index in [-0.39, 0.29) is 11.9 Å².